The van der Waals surface area contributed by atoms with E-state index in [1.165, 1.54) is 0 Å². The lowest BCUT2D eigenvalue weighted by atomic mass is 10.2. The summed E-state index contributed by atoms with van der Waals surface area (Å²) in [7, 11) is 0. The van der Waals surface area contributed by atoms with Gasteiger partial charge in [0.25, 0.3) is 12.3 Å². The Labute approximate surface area is 86.4 Å². The summed E-state index contributed by atoms with van der Waals surface area (Å²) in [6.07, 6.45) is -1.82. The van der Waals surface area contributed by atoms with Crippen LogP contribution in [0.2, 0.25) is 0 Å². The molecule has 76 valence electrons. The Kier molecular flexibility index (Phi) is 3.00. The van der Waals surface area contributed by atoms with Gasteiger partial charge in [0.05, 0.1) is 15.7 Å². The summed E-state index contributed by atoms with van der Waals surface area (Å²) < 4.78 is 24.5. The van der Waals surface area contributed by atoms with Crippen LogP contribution in [0.25, 0.3) is 0 Å². The number of aromatic nitrogens is 1. The fourth-order valence-corrected chi connectivity index (χ4v) is 1.35. The van der Waals surface area contributed by atoms with E-state index in [1.54, 1.807) is 0 Å². The van der Waals surface area contributed by atoms with E-state index in [9.17, 15) is 13.6 Å². The summed E-state index contributed by atoms with van der Waals surface area (Å²) in [5, 5.41) is 0. The monoisotopic (exact) mass is 265 g/mol. The molecule has 1 amide bonds. The number of alkyl halides is 2. The second-order valence-corrected chi connectivity index (χ2v) is 3.24. The predicted octanol–water partition coefficient (Wildman–Crippen LogP) is 1.46. The van der Waals surface area contributed by atoms with Crippen LogP contribution >= 0.6 is 15.9 Å². The van der Waals surface area contributed by atoms with E-state index >= 15 is 0 Å². The van der Waals surface area contributed by atoms with Gasteiger partial charge in [-0.25, -0.2) is 8.78 Å². The molecule has 7 heteroatoms. The van der Waals surface area contributed by atoms with Crippen molar-refractivity contribution in [1.82, 2.24) is 4.98 Å². The minimum absolute atomic E-state index is 0.0822. The molecule has 0 aliphatic heterocycles. The third kappa shape index (κ3) is 1.82. The number of nitrogens with two attached hydrogens (primary N) is 2. The molecule has 0 spiro atoms. The van der Waals surface area contributed by atoms with Gasteiger partial charge in [-0.15, -0.1) is 0 Å². The highest BCUT2D eigenvalue weighted by atomic mass is 79.9. The highest BCUT2D eigenvalue weighted by molar-refractivity contribution is 9.10. The third-order valence-corrected chi connectivity index (χ3v) is 2.39. The normalized spacial score (nSPS) is 10.6. The highest BCUT2D eigenvalue weighted by Crippen LogP contribution is 2.31. The zero-order valence-electron chi connectivity index (χ0n) is 6.80. The van der Waals surface area contributed by atoms with Crippen LogP contribution in [0.15, 0.2) is 10.7 Å². The van der Waals surface area contributed by atoms with Crippen molar-refractivity contribution in [2.24, 2.45) is 5.73 Å². The first-order valence-corrected chi connectivity index (χ1v) is 4.26. The Balaban J connectivity index is 3.33. The molecule has 0 radical (unpaired) electrons. The number of amides is 1. The number of rotatable bonds is 2. The van der Waals surface area contributed by atoms with Crippen LogP contribution in [0.1, 0.15) is 22.5 Å². The van der Waals surface area contributed by atoms with Crippen LogP contribution in [0.3, 0.4) is 0 Å². The number of halogens is 3. The molecule has 1 heterocycles. The van der Waals surface area contributed by atoms with Crippen molar-refractivity contribution in [3.8, 4) is 0 Å². The van der Waals surface area contributed by atoms with Gasteiger partial charge < -0.3 is 11.5 Å². The number of primary amides is 1. The Hall–Kier alpha value is -1.24. The molecule has 0 fully saturated rings. The van der Waals surface area contributed by atoms with Gasteiger partial charge in [-0.2, -0.15) is 0 Å². The molecular weight excluding hydrogens is 260 g/mol. The van der Waals surface area contributed by atoms with Crippen LogP contribution in [-0.4, -0.2) is 10.9 Å². The lowest BCUT2D eigenvalue weighted by molar-refractivity contribution is 0.0999. The van der Waals surface area contributed by atoms with Crippen molar-refractivity contribution < 1.29 is 13.6 Å². The number of carbonyl (C=O) groups excluding carboxylic acids is 1. The molecule has 0 bridgehead atoms. The number of pyridine rings is 1. The van der Waals surface area contributed by atoms with Crippen LogP contribution in [-0.2, 0) is 0 Å². The number of carbonyl (C=O) groups is 1. The lowest BCUT2D eigenvalue weighted by Gasteiger charge is -2.07. The van der Waals surface area contributed by atoms with Crippen LogP contribution < -0.4 is 11.5 Å². The molecule has 0 aliphatic rings. The topological polar surface area (TPSA) is 82.0 Å². The first kappa shape index (κ1) is 10.8. The SMILES string of the molecule is NC(=O)c1cnc(C(F)F)c(Br)c1N. The molecule has 0 unspecified atom stereocenters. The van der Waals surface area contributed by atoms with E-state index in [1.807, 2.05) is 0 Å². The summed E-state index contributed by atoms with van der Waals surface area (Å²) in [5.74, 6) is -0.809. The summed E-state index contributed by atoms with van der Waals surface area (Å²) in [4.78, 5) is 14.1. The van der Waals surface area contributed by atoms with E-state index in [0.29, 0.717) is 0 Å². The quantitative estimate of drug-likeness (QED) is 0.850. The maximum Gasteiger partial charge on any atom is 0.281 e. The Morgan fingerprint density at radius 2 is 2.14 bits per heavy atom. The van der Waals surface area contributed by atoms with E-state index in [0.717, 1.165) is 6.20 Å². The van der Waals surface area contributed by atoms with Crippen LogP contribution in [0.4, 0.5) is 14.5 Å². The zero-order valence-corrected chi connectivity index (χ0v) is 8.38. The van der Waals surface area contributed by atoms with Gasteiger partial charge in [0, 0.05) is 6.20 Å². The molecule has 4 nitrogen and oxygen atoms in total. The minimum atomic E-state index is -2.76. The average molecular weight is 266 g/mol. The number of nitrogens with zero attached hydrogens (tertiary/aromatic N) is 1. The van der Waals surface area contributed by atoms with Gasteiger partial charge in [0.2, 0.25) is 0 Å². The van der Waals surface area contributed by atoms with Crippen molar-refractivity contribution in [3.05, 3.63) is 21.9 Å². The molecule has 0 aliphatic carbocycles. The zero-order chi connectivity index (χ0) is 10.9. The number of anilines is 1. The molecule has 1 aromatic rings. The van der Waals surface area contributed by atoms with Crippen molar-refractivity contribution in [3.63, 3.8) is 0 Å². The second kappa shape index (κ2) is 3.87. The summed E-state index contributed by atoms with van der Waals surface area (Å²) >= 11 is 2.82. The van der Waals surface area contributed by atoms with Gasteiger partial charge in [0.1, 0.15) is 5.69 Å². The highest BCUT2D eigenvalue weighted by Gasteiger charge is 2.19. The summed E-state index contributed by atoms with van der Waals surface area (Å²) in [5.41, 5.74) is 9.63. The number of hydrogen-bond donors (Lipinski definition) is 2. The molecule has 0 saturated carbocycles. The first-order chi connectivity index (χ1) is 6.45. The lowest BCUT2D eigenvalue weighted by Crippen LogP contribution is -2.15. The summed E-state index contributed by atoms with van der Waals surface area (Å²) in [6.45, 7) is 0. The molecular formula is C7H6BrF2N3O. The van der Waals surface area contributed by atoms with E-state index in [2.05, 4.69) is 20.9 Å². The first-order valence-electron chi connectivity index (χ1n) is 3.47. The van der Waals surface area contributed by atoms with Crippen LogP contribution in [0.5, 0.6) is 0 Å². The maximum absolute atomic E-state index is 12.3. The largest absolute Gasteiger partial charge is 0.397 e. The van der Waals surface area contributed by atoms with Crippen LogP contribution in [0, 0.1) is 0 Å². The van der Waals surface area contributed by atoms with Gasteiger partial charge in [-0.05, 0) is 15.9 Å². The third-order valence-electron chi connectivity index (χ3n) is 1.56. The Morgan fingerprint density at radius 3 is 2.57 bits per heavy atom. The minimum Gasteiger partial charge on any atom is -0.397 e. The summed E-state index contributed by atoms with van der Waals surface area (Å²) in [6, 6.07) is 0. The van der Waals surface area contributed by atoms with Gasteiger partial charge >= 0.3 is 0 Å². The molecule has 0 atom stereocenters. The van der Waals surface area contributed by atoms with Gasteiger partial charge in [0.15, 0.2) is 0 Å². The standard InChI is InChI=1S/C7H6BrF2N3O/c8-3-4(11)2(7(12)14)1-13-5(3)6(9)10/h1,6H,(H2,11,13)(H2,12,14). The van der Waals surface area contributed by atoms with Crippen molar-refractivity contribution in [1.29, 1.82) is 0 Å². The Morgan fingerprint density at radius 1 is 1.57 bits per heavy atom. The average Bonchev–Trinajstić information content (AvgIpc) is 2.08. The fraction of sp³-hybridized carbons (Fsp3) is 0.143. The van der Waals surface area contributed by atoms with E-state index < -0.39 is 18.0 Å². The smallest absolute Gasteiger partial charge is 0.281 e. The maximum atomic E-state index is 12.3. The van der Waals surface area contributed by atoms with Gasteiger partial charge in [-0.3, -0.25) is 9.78 Å². The van der Waals surface area contributed by atoms with E-state index in [4.69, 9.17) is 11.5 Å². The molecule has 0 aromatic carbocycles. The number of hydrogen-bond acceptors (Lipinski definition) is 3. The second-order valence-electron chi connectivity index (χ2n) is 2.45. The van der Waals surface area contributed by atoms with Crippen molar-refractivity contribution >= 4 is 27.5 Å². The van der Waals surface area contributed by atoms with Crippen molar-refractivity contribution in [2.45, 2.75) is 6.43 Å². The van der Waals surface area contributed by atoms with Crippen molar-refractivity contribution in [2.75, 3.05) is 5.73 Å². The molecule has 4 N–H and O–H groups in total. The Bertz CT molecular complexity index is 383. The van der Waals surface area contributed by atoms with E-state index in [-0.39, 0.29) is 15.7 Å². The molecule has 1 rings (SSSR count). The predicted molar refractivity (Wildman–Crippen MR) is 49.8 cm³/mol. The number of nitrogen functional groups attached to an aromatic ring is 1. The molecule has 1 aromatic heterocycles. The van der Waals surface area contributed by atoms with Gasteiger partial charge in [-0.1, -0.05) is 0 Å². The molecule has 0 saturated heterocycles. The fourth-order valence-electron chi connectivity index (χ4n) is 0.865. The molecule has 14 heavy (non-hydrogen) atoms.